The topological polar surface area (TPSA) is 93.8 Å². The van der Waals surface area contributed by atoms with Crippen LogP contribution in [0.15, 0.2) is 11.4 Å². The molecule has 2 aromatic rings. The van der Waals surface area contributed by atoms with Crippen molar-refractivity contribution in [2.75, 3.05) is 5.75 Å². The van der Waals surface area contributed by atoms with Crippen LogP contribution in [0, 0.1) is 0 Å². The lowest BCUT2D eigenvalue weighted by molar-refractivity contribution is -0.133. The number of aromatic nitrogens is 5. The molecular weight excluding hydrogens is 274 g/mol. The fourth-order valence-electron chi connectivity index (χ4n) is 1.40. The summed E-state index contributed by atoms with van der Waals surface area (Å²) in [7, 11) is 0. The van der Waals surface area contributed by atoms with Crippen molar-refractivity contribution in [3.63, 3.8) is 0 Å². The largest absolute Gasteiger partial charge is 0.481 e. The molecule has 0 aliphatic heterocycles. The van der Waals surface area contributed by atoms with Gasteiger partial charge in [-0.05, 0) is 25.4 Å². The van der Waals surface area contributed by atoms with Crippen LogP contribution < -0.4 is 0 Å². The molecule has 1 N–H and O–H groups in total. The molecule has 2 aromatic heterocycles. The molecule has 96 valence electrons. The van der Waals surface area contributed by atoms with E-state index in [4.69, 9.17) is 5.11 Å². The second-order valence-electron chi connectivity index (χ2n) is 3.73. The van der Waals surface area contributed by atoms with Gasteiger partial charge in [0.15, 0.2) is 11.0 Å². The van der Waals surface area contributed by atoms with Gasteiger partial charge in [0.2, 0.25) is 0 Å². The number of thioether (sulfide) groups is 1. The van der Waals surface area contributed by atoms with Crippen LogP contribution in [-0.2, 0) is 4.79 Å². The first-order valence-electron chi connectivity index (χ1n) is 5.16. The molecule has 0 radical (unpaired) electrons. The fraction of sp³-hybridized carbons (Fsp3) is 0.444. The van der Waals surface area contributed by atoms with Gasteiger partial charge in [-0.15, -0.1) is 15.3 Å². The summed E-state index contributed by atoms with van der Waals surface area (Å²) in [5.41, 5.74) is 0. The first-order chi connectivity index (χ1) is 8.59. The molecule has 9 heteroatoms. The molecule has 0 saturated carbocycles. The van der Waals surface area contributed by atoms with Gasteiger partial charge in [-0.3, -0.25) is 9.36 Å². The summed E-state index contributed by atoms with van der Waals surface area (Å²) in [5, 5.41) is 21.2. The number of aliphatic carboxylic acids is 1. The third kappa shape index (κ3) is 2.67. The number of hydrogen-bond acceptors (Lipinski definition) is 7. The Bertz CT molecular complexity index is 537. The summed E-state index contributed by atoms with van der Waals surface area (Å²) in [6.07, 6.45) is 1.62. The van der Waals surface area contributed by atoms with Crippen molar-refractivity contribution in [1.29, 1.82) is 0 Å². The number of nitrogens with zero attached hydrogens (tertiary/aromatic N) is 5. The van der Waals surface area contributed by atoms with E-state index in [1.165, 1.54) is 11.5 Å². The molecule has 0 unspecified atom stereocenters. The maximum absolute atomic E-state index is 10.6. The minimum Gasteiger partial charge on any atom is -0.481 e. The molecule has 0 amide bonds. The smallest absolute Gasteiger partial charge is 0.313 e. The highest BCUT2D eigenvalue weighted by Crippen LogP contribution is 2.28. The summed E-state index contributed by atoms with van der Waals surface area (Å²) < 4.78 is 5.68. The summed E-state index contributed by atoms with van der Waals surface area (Å²) in [4.78, 5) is 11.4. The number of hydrogen-bond donors (Lipinski definition) is 1. The fourth-order valence-corrected chi connectivity index (χ4v) is 2.69. The van der Waals surface area contributed by atoms with Crippen LogP contribution in [0.5, 0.6) is 0 Å². The first kappa shape index (κ1) is 13.0. The molecular formula is C9H11N5O2S2. The van der Waals surface area contributed by atoms with Crippen LogP contribution >= 0.6 is 23.3 Å². The Balaban J connectivity index is 2.34. The zero-order valence-electron chi connectivity index (χ0n) is 9.77. The van der Waals surface area contributed by atoms with Gasteiger partial charge in [-0.2, -0.15) is 0 Å². The molecule has 0 atom stereocenters. The van der Waals surface area contributed by atoms with Crippen LogP contribution in [0.25, 0.3) is 10.7 Å². The minimum atomic E-state index is -0.876. The Kier molecular flexibility index (Phi) is 3.92. The Morgan fingerprint density at radius 1 is 1.56 bits per heavy atom. The van der Waals surface area contributed by atoms with E-state index in [1.807, 2.05) is 18.4 Å². The maximum atomic E-state index is 10.6. The number of carboxylic acid groups (broad SMARTS) is 1. The Morgan fingerprint density at radius 2 is 2.33 bits per heavy atom. The van der Waals surface area contributed by atoms with Crippen molar-refractivity contribution < 1.29 is 9.90 Å². The summed E-state index contributed by atoms with van der Waals surface area (Å²) in [5.74, 6) is -0.238. The van der Waals surface area contributed by atoms with Gasteiger partial charge < -0.3 is 5.11 Å². The minimum absolute atomic E-state index is 0.0359. The highest BCUT2D eigenvalue weighted by atomic mass is 32.2. The van der Waals surface area contributed by atoms with Crippen LogP contribution in [0.2, 0.25) is 0 Å². The summed E-state index contributed by atoms with van der Waals surface area (Å²) in [6.45, 7) is 3.98. The number of carbonyl (C=O) groups is 1. The lowest BCUT2D eigenvalue weighted by Gasteiger charge is -2.11. The molecule has 0 saturated heterocycles. The van der Waals surface area contributed by atoms with E-state index in [9.17, 15) is 4.79 Å². The summed E-state index contributed by atoms with van der Waals surface area (Å²) in [6, 6.07) is 0.133. The van der Waals surface area contributed by atoms with E-state index in [2.05, 4.69) is 19.8 Å². The zero-order chi connectivity index (χ0) is 13.1. The van der Waals surface area contributed by atoms with E-state index >= 15 is 0 Å². The Labute approximate surface area is 111 Å². The normalized spacial score (nSPS) is 11.1. The molecule has 18 heavy (non-hydrogen) atoms. The Morgan fingerprint density at radius 3 is 2.89 bits per heavy atom. The zero-order valence-corrected chi connectivity index (χ0v) is 11.4. The molecule has 0 aromatic carbocycles. The molecule has 7 nitrogen and oxygen atoms in total. The van der Waals surface area contributed by atoms with Crippen molar-refractivity contribution >= 4 is 29.3 Å². The predicted octanol–water partition coefficient (Wildman–Crippen LogP) is 1.55. The summed E-state index contributed by atoms with van der Waals surface area (Å²) >= 11 is 2.39. The van der Waals surface area contributed by atoms with Gasteiger partial charge in [0.1, 0.15) is 4.88 Å². The number of rotatable bonds is 5. The van der Waals surface area contributed by atoms with Gasteiger partial charge in [0.25, 0.3) is 0 Å². The molecule has 0 bridgehead atoms. The van der Waals surface area contributed by atoms with Crippen LogP contribution in [-0.4, -0.2) is 41.2 Å². The van der Waals surface area contributed by atoms with Crippen molar-refractivity contribution in [2.24, 2.45) is 0 Å². The number of carboxylic acids is 1. The third-order valence-electron chi connectivity index (χ3n) is 2.09. The maximum Gasteiger partial charge on any atom is 0.313 e. The van der Waals surface area contributed by atoms with Gasteiger partial charge in [-0.25, -0.2) is 0 Å². The lowest BCUT2D eigenvalue weighted by atomic mass is 10.3. The monoisotopic (exact) mass is 285 g/mol. The van der Waals surface area contributed by atoms with Gasteiger partial charge in [0, 0.05) is 6.04 Å². The molecule has 0 fully saturated rings. The SMILES string of the molecule is CC(C)n1c(SCC(=O)O)nnc1-c1cnns1. The van der Waals surface area contributed by atoms with Crippen molar-refractivity contribution in [1.82, 2.24) is 24.4 Å². The van der Waals surface area contributed by atoms with Crippen molar-refractivity contribution in [3.05, 3.63) is 6.20 Å². The molecule has 0 spiro atoms. The van der Waals surface area contributed by atoms with Crippen molar-refractivity contribution in [2.45, 2.75) is 25.0 Å². The second kappa shape index (κ2) is 5.44. The van der Waals surface area contributed by atoms with Crippen LogP contribution in [0.3, 0.4) is 0 Å². The highest BCUT2D eigenvalue weighted by Gasteiger charge is 2.18. The van der Waals surface area contributed by atoms with E-state index in [-0.39, 0.29) is 11.8 Å². The van der Waals surface area contributed by atoms with E-state index < -0.39 is 5.97 Å². The quantitative estimate of drug-likeness (QED) is 0.833. The predicted molar refractivity (Wildman–Crippen MR) is 67.7 cm³/mol. The third-order valence-corrected chi connectivity index (χ3v) is 3.68. The molecule has 0 aliphatic rings. The highest BCUT2D eigenvalue weighted by molar-refractivity contribution is 7.99. The van der Waals surface area contributed by atoms with Crippen LogP contribution in [0.4, 0.5) is 0 Å². The standard InChI is InChI=1S/C9H11N5O2S2/c1-5(2)14-8(6-3-10-13-18-6)11-12-9(14)17-4-7(15)16/h3,5H,4H2,1-2H3,(H,15,16). The van der Waals surface area contributed by atoms with E-state index in [0.29, 0.717) is 11.0 Å². The average molecular weight is 285 g/mol. The average Bonchev–Trinajstić information content (AvgIpc) is 2.94. The Hall–Kier alpha value is -1.48. The van der Waals surface area contributed by atoms with Crippen LogP contribution in [0.1, 0.15) is 19.9 Å². The second-order valence-corrected chi connectivity index (χ2v) is 5.46. The van der Waals surface area contributed by atoms with Gasteiger partial charge in [-0.1, -0.05) is 16.3 Å². The lowest BCUT2D eigenvalue weighted by Crippen LogP contribution is -2.06. The van der Waals surface area contributed by atoms with Crippen molar-refractivity contribution in [3.8, 4) is 10.7 Å². The van der Waals surface area contributed by atoms with Gasteiger partial charge in [0.05, 0.1) is 11.9 Å². The molecule has 2 rings (SSSR count). The van der Waals surface area contributed by atoms with E-state index in [1.54, 1.807) is 6.20 Å². The molecule has 0 aliphatic carbocycles. The first-order valence-corrected chi connectivity index (χ1v) is 6.92. The molecule has 2 heterocycles. The van der Waals surface area contributed by atoms with E-state index in [0.717, 1.165) is 16.6 Å². The van der Waals surface area contributed by atoms with Gasteiger partial charge >= 0.3 is 5.97 Å².